The van der Waals surface area contributed by atoms with Crippen molar-refractivity contribution in [3.8, 4) is 11.5 Å². The van der Waals surface area contributed by atoms with Crippen molar-refractivity contribution in [1.82, 2.24) is 0 Å². The fourth-order valence-electron chi connectivity index (χ4n) is 2.94. The number of methoxy groups -OCH3 is 2. The number of nitro benzene ring substituents is 1. The van der Waals surface area contributed by atoms with Crippen LogP contribution < -0.4 is 9.47 Å². The van der Waals surface area contributed by atoms with Crippen LogP contribution in [0.1, 0.15) is 27.6 Å². The van der Waals surface area contributed by atoms with Crippen LogP contribution in [0.5, 0.6) is 11.5 Å². The van der Waals surface area contributed by atoms with Crippen molar-refractivity contribution in [2.75, 3.05) is 14.2 Å². The standard InChI is InChI=1S/C22H19NO6/c1-27-19-13-17(18(23(25)26)14-20(19)28-2)22(24)29-21(15-9-5-3-6-10-15)16-11-7-4-8-12-16/h3-14,21H,1-2H3. The first-order valence-electron chi connectivity index (χ1n) is 8.76. The van der Waals surface area contributed by atoms with Gasteiger partial charge in [-0.25, -0.2) is 4.79 Å². The predicted molar refractivity (Wildman–Crippen MR) is 106 cm³/mol. The van der Waals surface area contributed by atoms with Crippen LogP contribution in [0.2, 0.25) is 0 Å². The molecule has 29 heavy (non-hydrogen) atoms. The number of rotatable bonds is 7. The molecule has 0 atom stereocenters. The molecular formula is C22H19NO6. The minimum atomic E-state index is -0.838. The Bertz CT molecular complexity index is 965. The molecule has 0 spiro atoms. The monoisotopic (exact) mass is 393 g/mol. The number of hydrogen-bond acceptors (Lipinski definition) is 6. The van der Waals surface area contributed by atoms with Crippen molar-refractivity contribution < 1.29 is 23.9 Å². The molecular weight excluding hydrogens is 374 g/mol. The van der Waals surface area contributed by atoms with Gasteiger partial charge in [0.25, 0.3) is 5.69 Å². The lowest BCUT2D eigenvalue weighted by Crippen LogP contribution is -2.15. The Hall–Kier alpha value is -3.87. The van der Waals surface area contributed by atoms with Gasteiger partial charge in [0.2, 0.25) is 0 Å². The van der Waals surface area contributed by atoms with Crippen LogP contribution in [0, 0.1) is 10.1 Å². The molecule has 0 bridgehead atoms. The van der Waals surface area contributed by atoms with E-state index in [0.717, 1.165) is 17.2 Å². The van der Waals surface area contributed by atoms with E-state index in [4.69, 9.17) is 14.2 Å². The van der Waals surface area contributed by atoms with E-state index in [1.807, 2.05) is 60.7 Å². The molecule has 148 valence electrons. The minimum Gasteiger partial charge on any atom is -0.493 e. The van der Waals surface area contributed by atoms with Gasteiger partial charge in [-0.15, -0.1) is 0 Å². The van der Waals surface area contributed by atoms with Crippen molar-refractivity contribution in [3.05, 3.63) is 99.6 Å². The van der Waals surface area contributed by atoms with Crippen LogP contribution in [0.15, 0.2) is 72.8 Å². The van der Waals surface area contributed by atoms with Crippen molar-refractivity contribution in [1.29, 1.82) is 0 Å². The van der Waals surface area contributed by atoms with Crippen LogP contribution >= 0.6 is 0 Å². The highest BCUT2D eigenvalue weighted by Gasteiger charge is 2.28. The third-order valence-corrected chi connectivity index (χ3v) is 4.35. The number of esters is 1. The molecule has 0 amide bonds. The van der Waals surface area contributed by atoms with Crippen LogP contribution in [0.3, 0.4) is 0 Å². The lowest BCUT2D eigenvalue weighted by Gasteiger charge is -2.19. The first-order chi connectivity index (χ1) is 14.0. The second-order valence-corrected chi connectivity index (χ2v) is 6.09. The smallest absolute Gasteiger partial charge is 0.346 e. The summed E-state index contributed by atoms with van der Waals surface area (Å²) in [5, 5.41) is 11.5. The van der Waals surface area contributed by atoms with Crippen LogP contribution in [-0.4, -0.2) is 25.1 Å². The summed E-state index contributed by atoms with van der Waals surface area (Å²) in [4.78, 5) is 23.8. The summed E-state index contributed by atoms with van der Waals surface area (Å²) < 4.78 is 16.0. The SMILES string of the molecule is COc1cc(C(=O)OC(c2ccccc2)c2ccccc2)c([N+](=O)[O-])cc1OC. The third kappa shape index (κ3) is 4.35. The molecule has 0 aliphatic carbocycles. The summed E-state index contributed by atoms with van der Waals surface area (Å²) in [6, 6.07) is 20.7. The van der Waals surface area contributed by atoms with Gasteiger partial charge in [-0.05, 0) is 11.1 Å². The van der Waals surface area contributed by atoms with E-state index >= 15 is 0 Å². The number of benzene rings is 3. The number of ether oxygens (including phenoxy) is 3. The Labute approximate surface area is 167 Å². The van der Waals surface area contributed by atoms with E-state index in [1.165, 1.54) is 20.3 Å². The van der Waals surface area contributed by atoms with Crippen molar-refractivity contribution in [3.63, 3.8) is 0 Å². The molecule has 0 aliphatic heterocycles. The molecule has 0 N–H and O–H groups in total. The number of hydrogen-bond donors (Lipinski definition) is 0. The summed E-state index contributed by atoms with van der Waals surface area (Å²) >= 11 is 0. The molecule has 7 nitrogen and oxygen atoms in total. The second-order valence-electron chi connectivity index (χ2n) is 6.09. The highest BCUT2D eigenvalue weighted by atomic mass is 16.6. The van der Waals surface area contributed by atoms with Crippen LogP contribution in [0.25, 0.3) is 0 Å². The maximum atomic E-state index is 13.0. The summed E-state index contributed by atoms with van der Waals surface area (Å²) in [5.74, 6) is -0.491. The normalized spacial score (nSPS) is 10.4. The maximum absolute atomic E-state index is 13.0. The fourth-order valence-corrected chi connectivity index (χ4v) is 2.94. The zero-order chi connectivity index (χ0) is 20.8. The lowest BCUT2D eigenvalue weighted by atomic mass is 10.0. The first kappa shape index (κ1) is 19.9. The van der Waals surface area contributed by atoms with Crippen LogP contribution in [-0.2, 0) is 4.74 Å². The van der Waals surface area contributed by atoms with Crippen LogP contribution in [0.4, 0.5) is 5.69 Å². The van der Waals surface area contributed by atoms with E-state index in [9.17, 15) is 14.9 Å². The van der Waals surface area contributed by atoms with Gasteiger partial charge in [0.15, 0.2) is 17.6 Å². The highest BCUT2D eigenvalue weighted by molar-refractivity contribution is 5.95. The van der Waals surface area contributed by atoms with Gasteiger partial charge in [-0.1, -0.05) is 60.7 Å². The Kier molecular flexibility index (Phi) is 6.09. The zero-order valence-corrected chi connectivity index (χ0v) is 15.9. The summed E-state index contributed by atoms with van der Waals surface area (Å²) in [6.07, 6.45) is -0.724. The largest absolute Gasteiger partial charge is 0.493 e. The van der Waals surface area contributed by atoms with E-state index in [2.05, 4.69) is 0 Å². The number of carbonyl (C=O) groups is 1. The van der Waals surface area contributed by atoms with Gasteiger partial charge in [0.05, 0.1) is 25.2 Å². The molecule has 3 rings (SSSR count). The number of nitrogens with zero attached hydrogens (tertiary/aromatic N) is 1. The Balaban J connectivity index is 2.03. The molecule has 0 unspecified atom stereocenters. The van der Waals surface area contributed by atoms with Crippen molar-refractivity contribution >= 4 is 11.7 Å². The molecule has 7 heteroatoms. The molecule has 0 saturated heterocycles. The molecule has 0 saturated carbocycles. The van der Waals surface area contributed by atoms with Crippen molar-refractivity contribution in [2.24, 2.45) is 0 Å². The maximum Gasteiger partial charge on any atom is 0.346 e. The summed E-state index contributed by atoms with van der Waals surface area (Å²) in [6.45, 7) is 0. The average molecular weight is 393 g/mol. The van der Waals surface area contributed by atoms with Gasteiger partial charge in [0, 0.05) is 6.07 Å². The van der Waals surface area contributed by atoms with Gasteiger partial charge in [-0.3, -0.25) is 10.1 Å². The Morgan fingerprint density at radius 1 is 0.862 bits per heavy atom. The predicted octanol–water partition coefficient (Wildman–Crippen LogP) is 4.56. The topological polar surface area (TPSA) is 87.9 Å². The van der Waals surface area contributed by atoms with E-state index in [1.54, 1.807) is 0 Å². The van der Waals surface area contributed by atoms with Gasteiger partial charge >= 0.3 is 5.97 Å². The molecule has 3 aromatic rings. The quantitative estimate of drug-likeness (QED) is 0.332. The second kappa shape index (κ2) is 8.88. The van der Waals surface area contributed by atoms with E-state index in [-0.39, 0.29) is 17.1 Å². The lowest BCUT2D eigenvalue weighted by molar-refractivity contribution is -0.385. The van der Waals surface area contributed by atoms with Gasteiger partial charge in [-0.2, -0.15) is 0 Å². The average Bonchev–Trinajstić information content (AvgIpc) is 2.77. The van der Waals surface area contributed by atoms with Crippen molar-refractivity contribution in [2.45, 2.75) is 6.10 Å². The Morgan fingerprint density at radius 3 is 1.79 bits per heavy atom. The summed E-state index contributed by atoms with van der Waals surface area (Å²) in [5.41, 5.74) is 0.849. The number of carbonyl (C=O) groups excluding carboxylic acids is 1. The molecule has 0 fully saturated rings. The highest BCUT2D eigenvalue weighted by Crippen LogP contribution is 2.36. The third-order valence-electron chi connectivity index (χ3n) is 4.35. The summed E-state index contributed by atoms with van der Waals surface area (Å²) in [7, 11) is 2.75. The zero-order valence-electron chi connectivity index (χ0n) is 15.9. The van der Waals surface area contributed by atoms with E-state index < -0.39 is 22.7 Å². The molecule has 0 aliphatic rings. The molecule has 0 aromatic heterocycles. The van der Waals surface area contributed by atoms with E-state index in [0.29, 0.717) is 0 Å². The first-order valence-corrected chi connectivity index (χ1v) is 8.76. The molecule has 3 aromatic carbocycles. The number of nitro groups is 1. The van der Waals surface area contributed by atoms with Gasteiger partial charge < -0.3 is 14.2 Å². The molecule has 0 radical (unpaired) electrons. The molecule has 0 heterocycles. The van der Waals surface area contributed by atoms with Gasteiger partial charge in [0.1, 0.15) is 5.56 Å². The fraction of sp³-hybridized carbons (Fsp3) is 0.136. The Morgan fingerprint density at radius 2 is 1.34 bits per heavy atom. The minimum absolute atomic E-state index is 0.151.